The van der Waals surface area contributed by atoms with Crippen LogP contribution in [0.5, 0.6) is 0 Å². The number of carbonyl (C=O) groups excluding carboxylic acids is 3. The van der Waals surface area contributed by atoms with Crippen molar-refractivity contribution in [2.24, 2.45) is 0 Å². The van der Waals surface area contributed by atoms with E-state index < -0.39 is 6.04 Å². The predicted octanol–water partition coefficient (Wildman–Crippen LogP) is 2.38. The zero-order chi connectivity index (χ0) is 21.4. The molecule has 162 valence electrons. The molecular formula is C22H24N4O4S. The minimum Gasteiger partial charge on any atom is -0.378 e. The molecule has 31 heavy (non-hydrogen) atoms. The molecule has 0 radical (unpaired) electrons. The van der Waals surface area contributed by atoms with E-state index in [1.165, 1.54) is 0 Å². The first-order valence-electron chi connectivity index (χ1n) is 10.5. The lowest BCUT2D eigenvalue weighted by Crippen LogP contribution is -2.57. The van der Waals surface area contributed by atoms with Crippen LogP contribution in [0.15, 0.2) is 35.7 Å². The zero-order valence-corrected chi connectivity index (χ0v) is 17.8. The molecule has 2 aromatic rings. The Morgan fingerprint density at radius 3 is 2.77 bits per heavy atom. The Morgan fingerprint density at radius 2 is 2.00 bits per heavy atom. The van der Waals surface area contributed by atoms with Crippen LogP contribution in [0.25, 0.3) is 10.4 Å². The highest BCUT2D eigenvalue weighted by Gasteiger charge is 2.40. The molecule has 3 aliphatic heterocycles. The molecule has 0 spiro atoms. The van der Waals surface area contributed by atoms with Gasteiger partial charge in [0.15, 0.2) is 0 Å². The lowest BCUT2D eigenvalue weighted by atomic mass is 9.96. The number of fused-ring (bicyclic) bond motifs is 2. The van der Waals surface area contributed by atoms with E-state index in [1.54, 1.807) is 27.2 Å². The standard InChI is InChI=1S/C22H24N4O4S/c27-20-18-13-15(23-22(29)25-7-9-30-10-8-25)5-6-26(18)21(28)16-12-14(3-4-17(16)24-20)19-2-1-11-31-19/h1-4,11-12,15,18H,5-10,13H2,(H,23,29)(H,24,27). The summed E-state index contributed by atoms with van der Waals surface area (Å²) < 4.78 is 5.29. The van der Waals surface area contributed by atoms with Gasteiger partial charge in [0.25, 0.3) is 5.91 Å². The van der Waals surface area contributed by atoms with Crippen LogP contribution in [0, 0.1) is 0 Å². The topological polar surface area (TPSA) is 91.0 Å². The summed E-state index contributed by atoms with van der Waals surface area (Å²) in [4.78, 5) is 43.3. The Hall–Kier alpha value is -2.91. The van der Waals surface area contributed by atoms with Crippen molar-refractivity contribution in [3.8, 4) is 10.4 Å². The van der Waals surface area contributed by atoms with Crippen LogP contribution in [0.4, 0.5) is 10.5 Å². The quantitative estimate of drug-likeness (QED) is 0.750. The van der Waals surface area contributed by atoms with Gasteiger partial charge in [-0.15, -0.1) is 11.3 Å². The molecule has 0 aliphatic carbocycles. The van der Waals surface area contributed by atoms with Gasteiger partial charge in [-0.2, -0.15) is 0 Å². The monoisotopic (exact) mass is 440 g/mol. The van der Waals surface area contributed by atoms with Crippen LogP contribution in [0.1, 0.15) is 23.2 Å². The molecule has 8 nitrogen and oxygen atoms in total. The molecule has 3 aliphatic rings. The summed E-state index contributed by atoms with van der Waals surface area (Å²) in [5.74, 6) is -0.351. The maximum absolute atomic E-state index is 13.3. The van der Waals surface area contributed by atoms with Gasteiger partial charge in [-0.3, -0.25) is 9.59 Å². The van der Waals surface area contributed by atoms with Gasteiger partial charge in [-0.25, -0.2) is 4.79 Å². The number of nitrogens with one attached hydrogen (secondary N) is 2. The summed E-state index contributed by atoms with van der Waals surface area (Å²) in [5, 5.41) is 7.96. The highest BCUT2D eigenvalue weighted by Crippen LogP contribution is 2.33. The lowest BCUT2D eigenvalue weighted by molar-refractivity contribution is -0.121. The lowest BCUT2D eigenvalue weighted by Gasteiger charge is -2.38. The Kier molecular flexibility index (Phi) is 5.37. The van der Waals surface area contributed by atoms with Crippen molar-refractivity contribution < 1.29 is 19.1 Å². The summed E-state index contributed by atoms with van der Waals surface area (Å²) in [6, 6.07) is 8.68. The molecule has 2 saturated heterocycles. The number of rotatable bonds is 2. The second-order valence-corrected chi connectivity index (χ2v) is 8.96. The average molecular weight is 441 g/mol. The summed E-state index contributed by atoms with van der Waals surface area (Å²) in [7, 11) is 0. The van der Waals surface area contributed by atoms with Gasteiger partial charge in [0, 0.05) is 30.6 Å². The minimum absolute atomic E-state index is 0.133. The van der Waals surface area contributed by atoms with Crippen LogP contribution in [0.3, 0.4) is 0 Å². The smallest absolute Gasteiger partial charge is 0.317 e. The Bertz CT molecular complexity index is 1000. The van der Waals surface area contributed by atoms with Crippen molar-refractivity contribution in [1.82, 2.24) is 15.1 Å². The first-order valence-corrected chi connectivity index (χ1v) is 11.4. The van der Waals surface area contributed by atoms with Crippen LogP contribution in [0.2, 0.25) is 0 Å². The van der Waals surface area contributed by atoms with E-state index in [1.807, 2.05) is 29.6 Å². The Labute approximate surface area is 184 Å². The number of carbonyl (C=O) groups is 3. The number of anilines is 1. The van der Waals surface area contributed by atoms with E-state index in [-0.39, 0.29) is 23.9 Å². The van der Waals surface area contributed by atoms with E-state index in [4.69, 9.17) is 4.74 Å². The van der Waals surface area contributed by atoms with Gasteiger partial charge in [0.05, 0.1) is 24.5 Å². The van der Waals surface area contributed by atoms with Gasteiger partial charge < -0.3 is 25.2 Å². The summed E-state index contributed by atoms with van der Waals surface area (Å²) in [5.41, 5.74) is 2.01. The van der Waals surface area contributed by atoms with Crippen LogP contribution in [-0.2, 0) is 9.53 Å². The molecule has 4 amide bonds. The van der Waals surface area contributed by atoms with E-state index >= 15 is 0 Å². The molecule has 1 aromatic heterocycles. The number of hydrogen-bond acceptors (Lipinski definition) is 5. The molecule has 5 rings (SSSR count). The van der Waals surface area contributed by atoms with Gasteiger partial charge in [0.2, 0.25) is 5.91 Å². The number of urea groups is 1. The number of thiophene rings is 1. The maximum atomic E-state index is 13.3. The highest BCUT2D eigenvalue weighted by molar-refractivity contribution is 7.13. The molecule has 2 fully saturated rings. The van der Waals surface area contributed by atoms with Gasteiger partial charge in [-0.1, -0.05) is 12.1 Å². The maximum Gasteiger partial charge on any atom is 0.317 e. The minimum atomic E-state index is -0.603. The van der Waals surface area contributed by atoms with Gasteiger partial charge in [-0.05, 0) is 42.0 Å². The molecule has 2 unspecified atom stereocenters. The number of ether oxygens (including phenoxy) is 1. The van der Waals surface area contributed by atoms with Crippen molar-refractivity contribution in [3.63, 3.8) is 0 Å². The fraction of sp³-hybridized carbons (Fsp3) is 0.409. The molecule has 2 N–H and O–H groups in total. The normalized spacial score (nSPS) is 23.5. The fourth-order valence-corrected chi connectivity index (χ4v) is 5.14. The SMILES string of the molecule is O=C1Nc2ccc(-c3cccs3)cc2C(=O)N2CCC(NC(=O)N3CCOCC3)CC12. The second kappa shape index (κ2) is 8.32. The molecule has 0 saturated carbocycles. The van der Waals surface area contributed by atoms with Crippen LogP contribution in [-0.4, -0.2) is 72.6 Å². The zero-order valence-electron chi connectivity index (χ0n) is 17.0. The van der Waals surface area contributed by atoms with Crippen molar-refractivity contribution in [3.05, 3.63) is 41.3 Å². The first kappa shape index (κ1) is 20.0. The number of hydrogen-bond donors (Lipinski definition) is 2. The average Bonchev–Trinajstić information content (AvgIpc) is 3.31. The number of piperidine rings is 1. The summed E-state index contributed by atoms with van der Waals surface area (Å²) >= 11 is 1.61. The summed E-state index contributed by atoms with van der Waals surface area (Å²) in [6.45, 7) is 2.63. The van der Waals surface area contributed by atoms with Gasteiger partial charge >= 0.3 is 6.03 Å². The Morgan fingerprint density at radius 1 is 1.16 bits per heavy atom. The third kappa shape index (κ3) is 3.90. The molecule has 0 bridgehead atoms. The molecule has 9 heteroatoms. The number of morpholine rings is 1. The third-order valence-corrected chi connectivity index (χ3v) is 7.02. The first-order chi connectivity index (χ1) is 15.1. The number of amides is 4. The van der Waals surface area contributed by atoms with Gasteiger partial charge in [0.1, 0.15) is 6.04 Å². The fourth-order valence-electron chi connectivity index (χ4n) is 4.42. The van der Waals surface area contributed by atoms with E-state index in [9.17, 15) is 14.4 Å². The second-order valence-electron chi connectivity index (χ2n) is 8.01. The highest BCUT2D eigenvalue weighted by atomic mass is 32.1. The van der Waals surface area contributed by atoms with Crippen LogP contribution >= 0.6 is 11.3 Å². The van der Waals surface area contributed by atoms with Crippen molar-refractivity contribution >= 4 is 34.9 Å². The molecule has 2 atom stereocenters. The van der Waals surface area contributed by atoms with E-state index in [0.29, 0.717) is 56.9 Å². The van der Waals surface area contributed by atoms with E-state index in [0.717, 1.165) is 10.4 Å². The van der Waals surface area contributed by atoms with Crippen LogP contribution < -0.4 is 10.6 Å². The molecule has 4 heterocycles. The largest absolute Gasteiger partial charge is 0.378 e. The van der Waals surface area contributed by atoms with Crippen molar-refractivity contribution in [1.29, 1.82) is 0 Å². The Balaban J connectivity index is 1.33. The van der Waals surface area contributed by atoms with Crippen molar-refractivity contribution in [2.75, 3.05) is 38.2 Å². The van der Waals surface area contributed by atoms with Crippen molar-refractivity contribution in [2.45, 2.75) is 24.9 Å². The molecular weight excluding hydrogens is 416 g/mol. The predicted molar refractivity (Wildman–Crippen MR) is 117 cm³/mol. The number of nitrogens with zero attached hydrogens (tertiary/aromatic N) is 2. The van der Waals surface area contributed by atoms with E-state index in [2.05, 4.69) is 10.6 Å². The third-order valence-electron chi connectivity index (χ3n) is 6.11. The summed E-state index contributed by atoms with van der Waals surface area (Å²) in [6.07, 6.45) is 1.02. The number of benzene rings is 1. The molecule has 1 aromatic carbocycles.